The number of nitrogens with two attached hydrogens (primary N) is 1. The molecule has 3 N–H and O–H groups in total. The highest BCUT2D eigenvalue weighted by Gasteiger charge is 2.14. The van der Waals surface area contributed by atoms with Gasteiger partial charge in [-0.3, -0.25) is 11.3 Å². The van der Waals surface area contributed by atoms with Crippen LogP contribution in [0.3, 0.4) is 0 Å². The minimum atomic E-state index is -0.616. The monoisotopic (exact) mass is 358 g/mol. The Kier molecular flexibility index (Phi) is 5.39. The second-order valence-electron chi connectivity index (χ2n) is 4.74. The van der Waals surface area contributed by atoms with Crippen LogP contribution in [0.25, 0.3) is 0 Å². The number of hydrogen-bond donors (Lipinski definition) is 2. The lowest BCUT2D eigenvalue weighted by molar-refractivity contribution is 0.501. The molecule has 0 saturated heterocycles. The van der Waals surface area contributed by atoms with E-state index >= 15 is 0 Å². The molecule has 2 nitrogen and oxygen atoms in total. The minimum Gasteiger partial charge on any atom is -0.271 e. The Morgan fingerprint density at radius 1 is 0.952 bits per heavy atom. The highest BCUT2D eigenvalue weighted by molar-refractivity contribution is 9.10. The Hall–Kier alpha value is -1.37. The lowest BCUT2D eigenvalue weighted by atomic mass is 9.99. The summed E-state index contributed by atoms with van der Waals surface area (Å²) in [5.41, 5.74) is 3.83. The van der Waals surface area contributed by atoms with Gasteiger partial charge in [-0.1, -0.05) is 28.1 Å². The molecule has 0 amide bonds. The maximum Gasteiger partial charge on any atom is 0.129 e. The van der Waals surface area contributed by atoms with Crippen LogP contribution in [0.2, 0.25) is 0 Å². The lowest BCUT2D eigenvalue weighted by Crippen LogP contribution is -2.38. The highest BCUT2D eigenvalue weighted by atomic mass is 79.9. The summed E-state index contributed by atoms with van der Waals surface area (Å²) in [4.78, 5) is 0. The van der Waals surface area contributed by atoms with E-state index in [0.717, 1.165) is 11.6 Å². The maximum atomic E-state index is 13.7. The van der Waals surface area contributed by atoms with Crippen LogP contribution in [0.5, 0.6) is 0 Å². The first kappa shape index (κ1) is 16.0. The molecule has 1 unspecified atom stereocenters. The largest absolute Gasteiger partial charge is 0.271 e. The third kappa shape index (κ3) is 4.30. The van der Waals surface area contributed by atoms with Crippen molar-refractivity contribution >= 4 is 15.9 Å². The number of hydrogen-bond acceptors (Lipinski definition) is 2. The first-order valence-corrected chi connectivity index (χ1v) is 7.13. The fourth-order valence-electron chi connectivity index (χ4n) is 2.10. The number of hydrazine groups is 1. The Balaban J connectivity index is 2.13. The predicted molar refractivity (Wildman–Crippen MR) is 79.0 cm³/mol. The summed E-state index contributed by atoms with van der Waals surface area (Å²) in [7, 11) is 0. The summed E-state index contributed by atoms with van der Waals surface area (Å²) in [5.74, 6) is 3.93. The molecule has 0 aliphatic rings. The van der Waals surface area contributed by atoms with E-state index in [4.69, 9.17) is 5.84 Å². The van der Waals surface area contributed by atoms with E-state index in [0.29, 0.717) is 22.9 Å². The van der Waals surface area contributed by atoms with Crippen molar-refractivity contribution in [2.45, 2.75) is 18.9 Å². The van der Waals surface area contributed by atoms with Crippen molar-refractivity contribution in [2.24, 2.45) is 5.84 Å². The quantitative estimate of drug-likeness (QED) is 0.634. The summed E-state index contributed by atoms with van der Waals surface area (Å²) in [5, 5.41) is 0. The van der Waals surface area contributed by atoms with Crippen LogP contribution in [0.15, 0.2) is 40.9 Å². The molecule has 0 bridgehead atoms. The molecule has 0 heterocycles. The molecular formula is C15H14BrF3N2. The number of halogens is 4. The average Bonchev–Trinajstić information content (AvgIpc) is 2.43. The fourth-order valence-corrected chi connectivity index (χ4v) is 2.61. The van der Waals surface area contributed by atoms with Crippen molar-refractivity contribution in [3.63, 3.8) is 0 Å². The molecule has 0 aromatic heterocycles. The van der Waals surface area contributed by atoms with Gasteiger partial charge in [0.1, 0.15) is 17.5 Å². The van der Waals surface area contributed by atoms with Crippen LogP contribution in [0.4, 0.5) is 13.2 Å². The van der Waals surface area contributed by atoms with E-state index in [-0.39, 0.29) is 11.9 Å². The van der Waals surface area contributed by atoms with Gasteiger partial charge >= 0.3 is 0 Å². The fraction of sp³-hybridized carbons (Fsp3) is 0.200. The van der Waals surface area contributed by atoms with Gasteiger partial charge < -0.3 is 0 Å². The van der Waals surface area contributed by atoms with E-state index in [9.17, 15) is 13.2 Å². The molecule has 2 aromatic rings. The molecule has 112 valence electrons. The first-order valence-electron chi connectivity index (χ1n) is 6.33. The zero-order valence-corrected chi connectivity index (χ0v) is 12.6. The third-order valence-corrected chi connectivity index (χ3v) is 3.94. The van der Waals surface area contributed by atoms with Gasteiger partial charge in [-0.2, -0.15) is 0 Å². The second kappa shape index (κ2) is 7.06. The lowest BCUT2D eigenvalue weighted by Gasteiger charge is -2.17. The van der Waals surface area contributed by atoms with Crippen molar-refractivity contribution in [3.05, 3.63) is 69.4 Å². The van der Waals surface area contributed by atoms with Crippen LogP contribution < -0.4 is 11.3 Å². The first-order chi connectivity index (χ1) is 9.99. The molecule has 2 rings (SSSR count). The van der Waals surface area contributed by atoms with Crippen molar-refractivity contribution in [3.8, 4) is 0 Å². The Morgan fingerprint density at radius 2 is 1.52 bits per heavy atom. The van der Waals surface area contributed by atoms with Gasteiger partial charge in [0, 0.05) is 16.6 Å². The smallest absolute Gasteiger partial charge is 0.129 e. The normalized spacial score (nSPS) is 12.4. The molecule has 0 spiro atoms. The molecular weight excluding hydrogens is 345 g/mol. The summed E-state index contributed by atoms with van der Waals surface area (Å²) >= 11 is 3.28. The van der Waals surface area contributed by atoms with Crippen molar-refractivity contribution in [1.29, 1.82) is 0 Å². The summed E-state index contributed by atoms with van der Waals surface area (Å²) in [6, 6.07) is 7.55. The van der Waals surface area contributed by atoms with E-state index in [2.05, 4.69) is 21.4 Å². The number of nitrogens with one attached hydrogen (secondary N) is 1. The van der Waals surface area contributed by atoms with Gasteiger partial charge in [-0.05, 0) is 42.2 Å². The van der Waals surface area contributed by atoms with Crippen LogP contribution >= 0.6 is 15.9 Å². The number of benzene rings is 2. The van der Waals surface area contributed by atoms with Crippen LogP contribution in [-0.4, -0.2) is 6.04 Å². The van der Waals surface area contributed by atoms with E-state index < -0.39 is 11.6 Å². The summed E-state index contributed by atoms with van der Waals surface area (Å²) in [6.07, 6.45) is 0.778. The van der Waals surface area contributed by atoms with E-state index in [1.807, 2.05) is 0 Å². The average molecular weight is 359 g/mol. The zero-order valence-electron chi connectivity index (χ0n) is 11.0. The molecule has 0 fully saturated rings. The zero-order chi connectivity index (χ0) is 15.4. The molecule has 0 radical (unpaired) electrons. The van der Waals surface area contributed by atoms with Crippen LogP contribution in [0.1, 0.15) is 11.1 Å². The van der Waals surface area contributed by atoms with Gasteiger partial charge in [-0.15, -0.1) is 0 Å². The van der Waals surface area contributed by atoms with Gasteiger partial charge in [0.2, 0.25) is 0 Å². The van der Waals surface area contributed by atoms with Crippen molar-refractivity contribution in [1.82, 2.24) is 5.43 Å². The topological polar surface area (TPSA) is 38.0 Å². The standard InChI is InChI=1S/C15H14BrF3N2/c16-14-7-11(17)3-1-9(14)5-13(21-20)6-10-2-4-12(18)8-15(10)19/h1-4,7-8,13,21H,5-6,20H2. The Bertz CT molecular complexity index is 581. The molecule has 1 atom stereocenters. The molecule has 0 saturated carbocycles. The molecule has 6 heteroatoms. The van der Waals surface area contributed by atoms with E-state index in [1.54, 1.807) is 6.07 Å². The Labute approximate surface area is 129 Å². The number of rotatable bonds is 5. The highest BCUT2D eigenvalue weighted by Crippen LogP contribution is 2.21. The van der Waals surface area contributed by atoms with Crippen molar-refractivity contribution < 1.29 is 13.2 Å². The Morgan fingerprint density at radius 3 is 2.10 bits per heavy atom. The molecule has 0 aliphatic carbocycles. The van der Waals surface area contributed by atoms with Gasteiger partial charge in [0.25, 0.3) is 0 Å². The maximum absolute atomic E-state index is 13.7. The van der Waals surface area contributed by atoms with Crippen molar-refractivity contribution in [2.75, 3.05) is 0 Å². The summed E-state index contributed by atoms with van der Waals surface area (Å²) in [6.45, 7) is 0. The van der Waals surface area contributed by atoms with Gasteiger partial charge in [0.15, 0.2) is 0 Å². The van der Waals surface area contributed by atoms with Crippen LogP contribution in [0, 0.1) is 17.5 Å². The molecule has 2 aromatic carbocycles. The van der Waals surface area contributed by atoms with Crippen LogP contribution in [-0.2, 0) is 12.8 Å². The minimum absolute atomic E-state index is 0.258. The third-order valence-electron chi connectivity index (χ3n) is 3.20. The second-order valence-corrected chi connectivity index (χ2v) is 5.60. The van der Waals surface area contributed by atoms with Gasteiger partial charge in [0.05, 0.1) is 0 Å². The van der Waals surface area contributed by atoms with E-state index in [1.165, 1.54) is 24.3 Å². The SMILES string of the molecule is NNC(Cc1ccc(F)cc1F)Cc1ccc(F)cc1Br. The predicted octanol–water partition coefficient (Wildman–Crippen LogP) is 3.48. The van der Waals surface area contributed by atoms with Gasteiger partial charge in [-0.25, -0.2) is 13.2 Å². The molecule has 0 aliphatic heterocycles. The summed E-state index contributed by atoms with van der Waals surface area (Å²) < 4.78 is 40.2. The molecule has 21 heavy (non-hydrogen) atoms.